The highest BCUT2D eigenvalue weighted by atomic mass is 16.5. The van der Waals surface area contributed by atoms with Crippen LogP contribution >= 0.6 is 0 Å². The van der Waals surface area contributed by atoms with Crippen LogP contribution in [0, 0.1) is 6.92 Å². The minimum absolute atomic E-state index is 0.0394. The maximum atomic E-state index is 11.8. The van der Waals surface area contributed by atoms with E-state index in [-0.39, 0.29) is 5.78 Å². The summed E-state index contributed by atoms with van der Waals surface area (Å²) in [5.41, 5.74) is 1.56. The second kappa shape index (κ2) is 3.62. The van der Waals surface area contributed by atoms with Crippen molar-refractivity contribution in [1.29, 1.82) is 0 Å². The molecule has 0 unspecified atom stereocenters. The first kappa shape index (κ1) is 8.94. The Morgan fingerprint density at radius 1 is 1.57 bits per heavy atom. The summed E-state index contributed by atoms with van der Waals surface area (Å²) in [6.45, 7) is 2.49. The minimum Gasteiger partial charge on any atom is -0.489 e. The van der Waals surface area contributed by atoms with Gasteiger partial charge in [-0.3, -0.25) is 9.78 Å². The minimum atomic E-state index is -0.0394. The lowest BCUT2D eigenvalue weighted by atomic mass is 10.1. The van der Waals surface area contributed by atoms with Gasteiger partial charge in [0, 0.05) is 24.4 Å². The molecule has 0 spiro atoms. The molecule has 0 saturated heterocycles. The van der Waals surface area contributed by atoms with Gasteiger partial charge in [0.1, 0.15) is 0 Å². The van der Waals surface area contributed by atoms with E-state index < -0.39 is 0 Å². The molecule has 0 radical (unpaired) electrons. The Kier molecular flexibility index (Phi) is 2.31. The average molecular weight is 189 g/mol. The van der Waals surface area contributed by atoms with Crippen molar-refractivity contribution < 1.29 is 9.53 Å². The molecule has 0 amide bonds. The van der Waals surface area contributed by atoms with Crippen LogP contribution in [0.2, 0.25) is 0 Å². The van der Waals surface area contributed by atoms with Crippen molar-refractivity contribution in [3.05, 3.63) is 41.4 Å². The Morgan fingerprint density at radius 3 is 3.07 bits per heavy atom. The summed E-state index contributed by atoms with van der Waals surface area (Å²) in [5.74, 6) is 0.432. The normalized spacial score (nSPS) is 14.8. The lowest BCUT2D eigenvalue weighted by molar-refractivity contribution is 0.0941. The number of carbonyl (C=O) groups excluding carboxylic acids is 1. The molecule has 14 heavy (non-hydrogen) atoms. The standard InChI is InChI=1S/C11H11NO2/c1-8-7-12-5-4-9(8)11(13)10-3-2-6-14-10/h3-5,7H,2,6H2,1H3. The quantitative estimate of drug-likeness (QED) is 0.667. The van der Waals surface area contributed by atoms with E-state index >= 15 is 0 Å². The summed E-state index contributed by atoms with van der Waals surface area (Å²) in [4.78, 5) is 15.8. The van der Waals surface area contributed by atoms with Crippen LogP contribution in [0.4, 0.5) is 0 Å². The molecule has 0 saturated carbocycles. The molecule has 0 aliphatic carbocycles. The third kappa shape index (κ3) is 1.53. The van der Waals surface area contributed by atoms with Crippen LogP contribution in [0.1, 0.15) is 22.3 Å². The van der Waals surface area contributed by atoms with Gasteiger partial charge >= 0.3 is 0 Å². The van der Waals surface area contributed by atoms with Crippen molar-refractivity contribution in [3.63, 3.8) is 0 Å². The highest BCUT2D eigenvalue weighted by Gasteiger charge is 2.18. The van der Waals surface area contributed by atoms with E-state index in [0.29, 0.717) is 17.9 Å². The molecule has 72 valence electrons. The molecule has 0 atom stereocenters. The van der Waals surface area contributed by atoms with Crippen molar-refractivity contribution in [2.24, 2.45) is 0 Å². The fourth-order valence-electron chi connectivity index (χ4n) is 1.44. The largest absolute Gasteiger partial charge is 0.489 e. The fourth-order valence-corrected chi connectivity index (χ4v) is 1.44. The Hall–Kier alpha value is -1.64. The molecule has 1 aliphatic rings. The number of pyridine rings is 1. The lowest BCUT2D eigenvalue weighted by Gasteiger charge is -2.04. The molecule has 2 rings (SSSR count). The lowest BCUT2D eigenvalue weighted by Crippen LogP contribution is -2.06. The summed E-state index contributed by atoms with van der Waals surface area (Å²) >= 11 is 0. The summed E-state index contributed by atoms with van der Waals surface area (Å²) in [6.07, 6.45) is 5.96. The Balaban J connectivity index is 2.31. The van der Waals surface area contributed by atoms with Crippen molar-refractivity contribution in [1.82, 2.24) is 4.98 Å². The van der Waals surface area contributed by atoms with Crippen molar-refractivity contribution >= 4 is 5.78 Å². The number of carbonyl (C=O) groups is 1. The van der Waals surface area contributed by atoms with Gasteiger partial charge in [-0.05, 0) is 24.6 Å². The number of hydrogen-bond donors (Lipinski definition) is 0. The summed E-state index contributed by atoms with van der Waals surface area (Å²) in [7, 11) is 0. The number of ether oxygens (including phenoxy) is 1. The smallest absolute Gasteiger partial charge is 0.227 e. The predicted molar refractivity (Wildman–Crippen MR) is 52.0 cm³/mol. The van der Waals surface area contributed by atoms with Gasteiger partial charge < -0.3 is 4.74 Å². The van der Waals surface area contributed by atoms with Gasteiger partial charge in [0.15, 0.2) is 5.76 Å². The second-order valence-electron chi connectivity index (χ2n) is 3.23. The highest BCUT2D eigenvalue weighted by molar-refractivity contribution is 6.08. The van der Waals surface area contributed by atoms with Gasteiger partial charge in [-0.15, -0.1) is 0 Å². The van der Waals surface area contributed by atoms with Crippen molar-refractivity contribution in [2.45, 2.75) is 13.3 Å². The number of aromatic nitrogens is 1. The summed E-state index contributed by atoms with van der Waals surface area (Å²) in [6, 6.07) is 1.72. The number of hydrogen-bond acceptors (Lipinski definition) is 3. The molecule has 2 heterocycles. The number of ketones is 1. The van der Waals surface area contributed by atoms with E-state index in [4.69, 9.17) is 4.74 Å². The molecular formula is C11H11NO2. The zero-order valence-corrected chi connectivity index (χ0v) is 7.99. The monoisotopic (exact) mass is 189 g/mol. The molecule has 1 aromatic heterocycles. The van der Waals surface area contributed by atoms with Crippen LogP contribution in [0.15, 0.2) is 30.3 Å². The molecule has 1 aliphatic heterocycles. The molecule has 0 fully saturated rings. The third-order valence-corrected chi connectivity index (χ3v) is 2.19. The fraction of sp³-hybridized carbons (Fsp3) is 0.273. The van der Waals surface area contributed by atoms with Crippen molar-refractivity contribution in [2.75, 3.05) is 6.61 Å². The van der Waals surface area contributed by atoms with Gasteiger partial charge in [-0.1, -0.05) is 0 Å². The first-order valence-corrected chi connectivity index (χ1v) is 4.57. The number of nitrogens with zero attached hydrogens (tertiary/aromatic N) is 1. The molecule has 3 nitrogen and oxygen atoms in total. The molecule has 0 aromatic carbocycles. The first-order chi connectivity index (χ1) is 6.79. The number of rotatable bonds is 2. The van der Waals surface area contributed by atoms with E-state index in [2.05, 4.69) is 4.98 Å². The Bertz CT molecular complexity index is 396. The van der Waals surface area contributed by atoms with E-state index in [1.54, 1.807) is 18.5 Å². The molecule has 3 heteroatoms. The number of aryl methyl sites for hydroxylation is 1. The van der Waals surface area contributed by atoms with Gasteiger partial charge in [0.2, 0.25) is 5.78 Å². The van der Waals surface area contributed by atoms with Crippen LogP contribution in [0.5, 0.6) is 0 Å². The predicted octanol–water partition coefficient (Wildman–Crippen LogP) is 1.88. The summed E-state index contributed by atoms with van der Waals surface area (Å²) < 4.78 is 5.22. The molecule has 0 bridgehead atoms. The molecule has 0 N–H and O–H groups in total. The number of Topliss-reactive ketones (excluding diaryl/α,β-unsaturated/α-hetero) is 1. The average Bonchev–Trinajstić information content (AvgIpc) is 2.70. The van der Waals surface area contributed by atoms with Crippen LogP contribution in [0.3, 0.4) is 0 Å². The van der Waals surface area contributed by atoms with Crippen molar-refractivity contribution in [3.8, 4) is 0 Å². The van der Waals surface area contributed by atoms with Crippen LogP contribution < -0.4 is 0 Å². The summed E-state index contributed by atoms with van der Waals surface area (Å²) in [5, 5.41) is 0. The second-order valence-corrected chi connectivity index (χ2v) is 3.23. The van der Waals surface area contributed by atoms with E-state index in [1.165, 1.54) is 0 Å². The van der Waals surface area contributed by atoms with E-state index in [1.807, 2.05) is 13.0 Å². The molecular weight excluding hydrogens is 178 g/mol. The van der Waals surface area contributed by atoms with Gasteiger partial charge in [0.05, 0.1) is 6.61 Å². The van der Waals surface area contributed by atoms with E-state index in [0.717, 1.165) is 12.0 Å². The first-order valence-electron chi connectivity index (χ1n) is 4.57. The zero-order chi connectivity index (χ0) is 9.97. The maximum Gasteiger partial charge on any atom is 0.227 e. The molecule has 1 aromatic rings. The van der Waals surface area contributed by atoms with E-state index in [9.17, 15) is 4.79 Å². The van der Waals surface area contributed by atoms with Gasteiger partial charge in [-0.2, -0.15) is 0 Å². The van der Waals surface area contributed by atoms with Crippen LogP contribution in [-0.2, 0) is 4.74 Å². The van der Waals surface area contributed by atoms with Gasteiger partial charge in [0.25, 0.3) is 0 Å². The topological polar surface area (TPSA) is 39.2 Å². The van der Waals surface area contributed by atoms with Gasteiger partial charge in [-0.25, -0.2) is 0 Å². The maximum absolute atomic E-state index is 11.8. The Morgan fingerprint density at radius 2 is 2.43 bits per heavy atom. The third-order valence-electron chi connectivity index (χ3n) is 2.19. The van der Waals surface area contributed by atoms with Crippen LogP contribution in [-0.4, -0.2) is 17.4 Å². The Labute approximate surface area is 82.4 Å². The zero-order valence-electron chi connectivity index (χ0n) is 7.99. The SMILES string of the molecule is Cc1cnccc1C(=O)C1=CCCO1. The highest BCUT2D eigenvalue weighted by Crippen LogP contribution is 2.17. The number of allylic oxidation sites excluding steroid dienone is 1. The van der Waals surface area contributed by atoms with Crippen LogP contribution in [0.25, 0.3) is 0 Å².